The molecule has 0 aliphatic carbocycles. The first kappa shape index (κ1) is 11.8. The molecule has 0 bridgehead atoms. The number of fused-ring (bicyclic) bond motifs is 1. The second kappa shape index (κ2) is 5.08. The Morgan fingerprint density at radius 2 is 2.35 bits per heavy atom. The van der Waals surface area contributed by atoms with Crippen LogP contribution in [-0.2, 0) is 11.2 Å². The first-order valence-electron chi connectivity index (χ1n) is 5.99. The summed E-state index contributed by atoms with van der Waals surface area (Å²) in [5.41, 5.74) is 3.67. The maximum atomic E-state index is 11.3. The van der Waals surface area contributed by atoms with Gasteiger partial charge in [-0.2, -0.15) is 0 Å². The molecule has 0 spiro atoms. The Kier molecular flexibility index (Phi) is 3.52. The number of hydrogen-bond donors (Lipinski definition) is 2. The fourth-order valence-electron chi connectivity index (χ4n) is 2.08. The van der Waals surface area contributed by atoms with E-state index in [4.69, 9.17) is 0 Å². The zero-order chi connectivity index (χ0) is 12.3. The molecule has 0 radical (unpaired) electrons. The molecule has 2 N–H and O–H groups in total. The maximum absolute atomic E-state index is 11.3. The molecule has 1 aliphatic heterocycles. The number of anilines is 2. The molecule has 1 aliphatic rings. The van der Waals surface area contributed by atoms with E-state index in [-0.39, 0.29) is 5.91 Å². The number of aryl methyl sites for hydroxylation is 1. The Morgan fingerprint density at radius 3 is 3.12 bits per heavy atom. The molecule has 4 heteroatoms. The quantitative estimate of drug-likeness (QED) is 0.825. The van der Waals surface area contributed by atoms with Crippen molar-refractivity contribution in [2.45, 2.75) is 12.8 Å². The highest BCUT2D eigenvalue weighted by Gasteiger charge is 2.11. The largest absolute Gasteiger partial charge is 0.385 e. The number of nitrogens with zero attached hydrogens (tertiary/aromatic N) is 1. The molecule has 17 heavy (non-hydrogen) atoms. The van der Waals surface area contributed by atoms with E-state index in [9.17, 15) is 4.79 Å². The minimum Gasteiger partial charge on any atom is -0.385 e. The fourth-order valence-corrected chi connectivity index (χ4v) is 2.08. The molecule has 2 rings (SSSR count). The Balaban J connectivity index is 2.13. The molecule has 0 saturated heterocycles. The van der Waals surface area contributed by atoms with Gasteiger partial charge in [0.05, 0.1) is 6.54 Å². The van der Waals surface area contributed by atoms with Crippen LogP contribution in [0.2, 0.25) is 0 Å². The fraction of sp³-hybridized carbons (Fsp3) is 0.462. The number of hydrogen-bond acceptors (Lipinski definition) is 3. The van der Waals surface area contributed by atoms with Crippen LogP contribution in [-0.4, -0.2) is 33.1 Å². The summed E-state index contributed by atoms with van der Waals surface area (Å²) in [4.78, 5) is 13.3. The van der Waals surface area contributed by atoms with Gasteiger partial charge in [0.2, 0.25) is 5.91 Å². The number of carbonyl (C=O) groups excluding carboxylic acids is 1. The van der Waals surface area contributed by atoms with Gasteiger partial charge in [-0.1, -0.05) is 0 Å². The van der Waals surface area contributed by atoms with E-state index in [1.807, 2.05) is 11.9 Å². The summed E-state index contributed by atoms with van der Waals surface area (Å²) in [6.07, 6.45) is 2.29. The van der Waals surface area contributed by atoms with Crippen LogP contribution in [0.4, 0.5) is 11.4 Å². The lowest BCUT2D eigenvalue weighted by atomic mass is 10.0. The highest BCUT2D eigenvalue weighted by atomic mass is 16.1. The van der Waals surface area contributed by atoms with Gasteiger partial charge in [0, 0.05) is 32.0 Å². The normalized spacial score (nSPS) is 13.5. The number of carbonyl (C=O) groups is 1. The van der Waals surface area contributed by atoms with E-state index in [2.05, 4.69) is 28.8 Å². The molecule has 0 atom stereocenters. The number of nitrogens with one attached hydrogen (secondary N) is 2. The summed E-state index contributed by atoms with van der Waals surface area (Å²) >= 11 is 0. The molecule has 4 nitrogen and oxygen atoms in total. The van der Waals surface area contributed by atoms with Gasteiger partial charge < -0.3 is 15.5 Å². The van der Waals surface area contributed by atoms with Crippen LogP contribution in [0.1, 0.15) is 12.0 Å². The van der Waals surface area contributed by atoms with Gasteiger partial charge in [-0.3, -0.25) is 4.79 Å². The van der Waals surface area contributed by atoms with Crippen LogP contribution >= 0.6 is 0 Å². The summed E-state index contributed by atoms with van der Waals surface area (Å²) in [6, 6.07) is 6.33. The van der Waals surface area contributed by atoms with Crippen molar-refractivity contribution >= 4 is 17.3 Å². The average molecular weight is 233 g/mol. The topological polar surface area (TPSA) is 44.4 Å². The lowest BCUT2D eigenvalue weighted by molar-refractivity contribution is -0.119. The van der Waals surface area contributed by atoms with Gasteiger partial charge in [0.25, 0.3) is 0 Å². The Labute approximate surface area is 102 Å². The predicted molar refractivity (Wildman–Crippen MR) is 70.6 cm³/mol. The van der Waals surface area contributed by atoms with E-state index < -0.39 is 0 Å². The highest BCUT2D eigenvalue weighted by molar-refractivity contribution is 5.81. The van der Waals surface area contributed by atoms with Crippen molar-refractivity contribution < 1.29 is 4.79 Å². The number of amides is 1. The first-order valence-corrected chi connectivity index (χ1v) is 5.99. The summed E-state index contributed by atoms with van der Waals surface area (Å²) in [7, 11) is 3.60. The van der Waals surface area contributed by atoms with Crippen molar-refractivity contribution in [2.24, 2.45) is 0 Å². The molecule has 1 aromatic carbocycles. The molecule has 0 aromatic heterocycles. The summed E-state index contributed by atoms with van der Waals surface area (Å²) in [5, 5.41) is 6.02. The Hall–Kier alpha value is -1.71. The second-order valence-corrected chi connectivity index (χ2v) is 4.40. The summed E-state index contributed by atoms with van der Waals surface area (Å²) < 4.78 is 0. The molecule has 0 fully saturated rings. The standard InChI is InChI=1S/C13H19N3O/c1-14-13(17)9-16(2)11-5-6-12-10(8-11)4-3-7-15-12/h5-6,8,15H,3-4,7,9H2,1-2H3,(H,14,17). The maximum Gasteiger partial charge on any atom is 0.239 e. The second-order valence-electron chi connectivity index (χ2n) is 4.40. The van der Waals surface area contributed by atoms with Crippen molar-refractivity contribution in [1.82, 2.24) is 5.32 Å². The molecular weight excluding hydrogens is 214 g/mol. The van der Waals surface area contributed by atoms with E-state index in [0.717, 1.165) is 18.7 Å². The monoisotopic (exact) mass is 233 g/mol. The summed E-state index contributed by atoms with van der Waals surface area (Å²) in [5.74, 6) is 0.0309. The van der Waals surface area contributed by atoms with Gasteiger partial charge in [-0.05, 0) is 36.6 Å². The van der Waals surface area contributed by atoms with Gasteiger partial charge >= 0.3 is 0 Å². The molecule has 0 saturated carbocycles. The smallest absolute Gasteiger partial charge is 0.239 e. The number of rotatable bonds is 3. The molecule has 1 heterocycles. The predicted octanol–water partition coefficient (Wildman–Crippen LogP) is 1.23. The van der Waals surface area contributed by atoms with Gasteiger partial charge in [0.1, 0.15) is 0 Å². The third kappa shape index (κ3) is 2.70. The number of benzene rings is 1. The van der Waals surface area contributed by atoms with Crippen LogP contribution < -0.4 is 15.5 Å². The average Bonchev–Trinajstić information content (AvgIpc) is 2.38. The molecule has 1 amide bonds. The van der Waals surface area contributed by atoms with Crippen LogP contribution in [0.5, 0.6) is 0 Å². The van der Waals surface area contributed by atoms with E-state index in [1.165, 1.54) is 17.7 Å². The van der Waals surface area contributed by atoms with Gasteiger partial charge in [-0.25, -0.2) is 0 Å². The summed E-state index contributed by atoms with van der Waals surface area (Å²) in [6.45, 7) is 1.45. The molecular formula is C13H19N3O. The zero-order valence-electron chi connectivity index (χ0n) is 10.4. The van der Waals surface area contributed by atoms with E-state index in [0.29, 0.717) is 6.54 Å². The zero-order valence-corrected chi connectivity index (χ0v) is 10.4. The first-order chi connectivity index (χ1) is 8.20. The van der Waals surface area contributed by atoms with Gasteiger partial charge in [0.15, 0.2) is 0 Å². The minimum atomic E-state index is 0.0309. The van der Waals surface area contributed by atoms with Crippen molar-refractivity contribution in [2.75, 3.05) is 37.4 Å². The van der Waals surface area contributed by atoms with Crippen LogP contribution in [0.3, 0.4) is 0 Å². The Bertz CT molecular complexity index is 417. The third-order valence-electron chi connectivity index (χ3n) is 3.13. The number of likely N-dealkylation sites (N-methyl/N-ethyl adjacent to an activating group) is 2. The van der Waals surface area contributed by atoms with Gasteiger partial charge in [-0.15, -0.1) is 0 Å². The van der Waals surface area contributed by atoms with Crippen molar-refractivity contribution in [3.63, 3.8) is 0 Å². The molecule has 1 aromatic rings. The van der Waals surface area contributed by atoms with Crippen LogP contribution in [0, 0.1) is 0 Å². The van der Waals surface area contributed by atoms with Crippen molar-refractivity contribution in [3.05, 3.63) is 23.8 Å². The molecule has 92 valence electrons. The SMILES string of the molecule is CNC(=O)CN(C)c1ccc2c(c1)CCCN2. The van der Waals surface area contributed by atoms with Crippen LogP contribution in [0.15, 0.2) is 18.2 Å². The lowest BCUT2D eigenvalue weighted by Gasteiger charge is -2.23. The third-order valence-corrected chi connectivity index (χ3v) is 3.13. The lowest BCUT2D eigenvalue weighted by Crippen LogP contribution is -2.33. The Morgan fingerprint density at radius 1 is 1.53 bits per heavy atom. The molecule has 0 unspecified atom stereocenters. The van der Waals surface area contributed by atoms with Crippen LogP contribution in [0.25, 0.3) is 0 Å². The highest BCUT2D eigenvalue weighted by Crippen LogP contribution is 2.26. The van der Waals surface area contributed by atoms with Crippen molar-refractivity contribution in [1.29, 1.82) is 0 Å². The van der Waals surface area contributed by atoms with E-state index in [1.54, 1.807) is 7.05 Å². The van der Waals surface area contributed by atoms with E-state index >= 15 is 0 Å². The van der Waals surface area contributed by atoms with Crippen molar-refractivity contribution in [3.8, 4) is 0 Å². The minimum absolute atomic E-state index is 0.0309.